The highest BCUT2D eigenvalue weighted by molar-refractivity contribution is 6.49. The van der Waals surface area contributed by atoms with Gasteiger partial charge in [0.2, 0.25) is 5.78 Å². The average Bonchev–Trinajstić information content (AvgIpc) is 3.09. The van der Waals surface area contributed by atoms with Gasteiger partial charge in [-0.05, 0) is 29.8 Å². The van der Waals surface area contributed by atoms with E-state index in [4.69, 9.17) is 5.11 Å². The number of Topliss-reactive ketones (excluding diaryl/α,β-unsaturated/α-hetero) is 2. The quantitative estimate of drug-likeness (QED) is 0.270. The van der Waals surface area contributed by atoms with Gasteiger partial charge in [-0.3, -0.25) is 19.3 Å². The zero-order chi connectivity index (χ0) is 23.7. The van der Waals surface area contributed by atoms with Crippen LogP contribution in [0.3, 0.4) is 0 Å². The van der Waals surface area contributed by atoms with Crippen molar-refractivity contribution >= 4 is 34.8 Å². The van der Waals surface area contributed by atoms with Gasteiger partial charge in [0.1, 0.15) is 5.92 Å². The summed E-state index contributed by atoms with van der Waals surface area (Å²) in [6, 6.07) is 19.1. The lowest BCUT2D eigenvalue weighted by molar-refractivity contribution is -0.428. The zero-order valence-corrected chi connectivity index (χ0v) is 17.5. The maximum Gasteiger partial charge on any atom is 0.335 e. The van der Waals surface area contributed by atoms with Crippen molar-refractivity contribution in [1.29, 1.82) is 0 Å². The standard InChI is InChI=1S/C25H18N2O6/c1-26(33)18-11-7-15(8-12-18)21-20(22(28)16-5-3-2-4-6-16)23(29)24(30)27(21)19-13-9-17(10-14-19)25(31)32/h2-14,20-21H,1H3/p+1. The molecule has 1 aliphatic heterocycles. The Morgan fingerprint density at radius 2 is 1.45 bits per heavy atom. The Labute approximate surface area is 188 Å². The van der Waals surface area contributed by atoms with Crippen LogP contribution in [0.15, 0.2) is 78.9 Å². The predicted octanol–water partition coefficient (Wildman–Crippen LogP) is 3.58. The summed E-state index contributed by atoms with van der Waals surface area (Å²) in [6.07, 6.45) is 0. The highest BCUT2D eigenvalue weighted by Crippen LogP contribution is 2.41. The third-order valence-electron chi connectivity index (χ3n) is 5.64. The molecule has 1 aliphatic rings. The van der Waals surface area contributed by atoms with E-state index in [0.29, 0.717) is 21.6 Å². The largest absolute Gasteiger partial charge is 0.478 e. The minimum Gasteiger partial charge on any atom is -0.478 e. The number of hydrogen-bond acceptors (Lipinski definition) is 5. The molecule has 3 aromatic carbocycles. The summed E-state index contributed by atoms with van der Waals surface area (Å²) < 4.78 is 0.670. The molecule has 2 atom stereocenters. The summed E-state index contributed by atoms with van der Waals surface area (Å²) in [4.78, 5) is 63.5. The van der Waals surface area contributed by atoms with Crippen molar-refractivity contribution in [2.75, 3.05) is 11.9 Å². The summed E-state index contributed by atoms with van der Waals surface area (Å²) in [7, 11) is 1.34. The fourth-order valence-electron chi connectivity index (χ4n) is 3.98. The van der Waals surface area contributed by atoms with Gasteiger partial charge >= 0.3 is 5.97 Å². The number of carbonyl (C=O) groups excluding carboxylic acids is 3. The molecule has 0 spiro atoms. The minimum atomic E-state index is -1.30. The van der Waals surface area contributed by atoms with Crippen molar-refractivity contribution in [1.82, 2.24) is 0 Å². The summed E-state index contributed by atoms with van der Waals surface area (Å²) >= 11 is 0. The Bertz CT molecular complexity index is 1270. The van der Waals surface area contributed by atoms with Crippen molar-refractivity contribution in [2.24, 2.45) is 5.92 Å². The van der Waals surface area contributed by atoms with Crippen molar-refractivity contribution < 1.29 is 29.0 Å². The summed E-state index contributed by atoms with van der Waals surface area (Å²) in [5.74, 6) is -4.62. The fraction of sp³-hybridized carbons (Fsp3) is 0.120. The topological polar surface area (TPSA) is 112 Å². The lowest BCUT2D eigenvalue weighted by Gasteiger charge is -2.27. The molecule has 8 heteroatoms. The molecule has 1 fully saturated rings. The van der Waals surface area contributed by atoms with Crippen LogP contribution in [0.2, 0.25) is 0 Å². The molecule has 8 nitrogen and oxygen atoms in total. The van der Waals surface area contributed by atoms with Gasteiger partial charge in [-0.15, -0.1) is 0 Å². The van der Waals surface area contributed by atoms with E-state index in [1.54, 1.807) is 54.6 Å². The second-order valence-corrected chi connectivity index (χ2v) is 7.63. The number of benzene rings is 3. The zero-order valence-electron chi connectivity index (χ0n) is 17.5. The molecule has 3 aromatic rings. The fourth-order valence-corrected chi connectivity index (χ4v) is 3.98. The number of amides is 1. The molecule has 0 bridgehead atoms. The number of anilines is 1. The van der Waals surface area contributed by atoms with Gasteiger partial charge in [-0.25, -0.2) is 4.79 Å². The van der Waals surface area contributed by atoms with Crippen molar-refractivity contribution in [3.8, 4) is 0 Å². The van der Waals surface area contributed by atoms with Crippen LogP contribution in [0, 0.1) is 10.8 Å². The molecule has 0 saturated carbocycles. The maximum atomic E-state index is 13.3. The number of nitrogens with zero attached hydrogens (tertiary/aromatic N) is 2. The first-order chi connectivity index (χ1) is 15.8. The molecule has 0 radical (unpaired) electrons. The Morgan fingerprint density at radius 3 is 2.00 bits per heavy atom. The molecular formula is C25H19N2O6+. The second kappa shape index (κ2) is 8.58. The minimum absolute atomic E-state index is 0.0213. The molecule has 1 amide bonds. The van der Waals surface area contributed by atoms with Crippen LogP contribution in [0.4, 0.5) is 11.4 Å². The van der Waals surface area contributed by atoms with E-state index in [1.807, 2.05) is 0 Å². The average molecular weight is 443 g/mol. The molecule has 0 aromatic heterocycles. The summed E-state index contributed by atoms with van der Waals surface area (Å²) in [5.41, 5.74) is 1.48. The number of ketones is 2. The van der Waals surface area contributed by atoms with Gasteiger partial charge in [0, 0.05) is 33.1 Å². The number of carbonyl (C=O) groups is 4. The summed E-state index contributed by atoms with van der Waals surface area (Å²) in [5, 5.41) is 9.17. The Hall–Kier alpha value is -4.46. The van der Waals surface area contributed by atoms with E-state index in [2.05, 4.69) is 0 Å². The molecule has 0 aliphatic carbocycles. The van der Waals surface area contributed by atoms with Crippen molar-refractivity contribution in [3.05, 3.63) is 100 Å². The van der Waals surface area contributed by atoms with Gasteiger partial charge in [0.25, 0.3) is 11.6 Å². The number of rotatable bonds is 6. The number of hydrogen-bond donors (Lipinski definition) is 1. The third-order valence-corrected chi connectivity index (χ3v) is 5.64. The van der Waals surface area contributed by atoms with Crippen LogP contribution in [-0.2, 0) is 9.59 Å². The van der Waals surface area contributed by atoms with Crippen LogP contribution in [0.5, 0.6) is 0 Å². The van der Waals surface area contributed by atoms with Crippen LogP contribution < -0.4 is 4.90 Å². The van der Waals surface area contributed by atoms with Crippen molar-refractivity contribution in [3.63, 3.8) is 0 Å². The molecule has 33 heavy (non-hydrogen) atoms. The third kappa shape index (κ3) is 3.94. The van der Waals surface area contributed by atoms with E-state index in [1.165, 1.54) is 36.2 Å². The molecule has 164 valence electrons. The molecule has 4 rings (SSSR count). The number of aromatic carboxylic acids is 1. The maximum absolute atomic E-state index is 13.3. The van der Waals surface area contributed by atoms with E-state index in [0.717, 1.165) is 0 Å². The molecular weight excluding hydrogens is 424 g/mol. The van der Waals surface area contributed by atoms with Crippen LogP contribution >= 0.6 is 0 Å². The van der Waals surface area contributed by atoms with Crippen LogP contribution in [-0.4, -0.2) is 40.4 Å². The highest BCUT2D eigenvalue weighted by Gasteiger charge is 2.52. The van der Waals surface area contributed by atoms with E-state index in [-0.39, 0.29) is 11.3 Å². The normalized spacial score (nSPS) is 17.8. The Kier molecular flexibility index (Phi) is 5.66. The Morgan fingerprint density at radius 1 is 0.848 bits per heavy atom. The molecule has 1 N–H and O–H groups in total. The monoisotopic (exact) mass is 443 g/mol. The number of carboxylic acid groups (broad SMARTS) is 1. The number of carboxylic acids is 1. The number of nitroso groups, excluding NO2 is 1. The van der Waals surface area contributed by atoms with E-state index in [9.17, 15) is 24.1 Å². The van der Waals surface area contributed by atoms with E-state index < -0.39 is 35.4 Å². The lowest BCUT2D eigenvalue weighted by atomic mass is 9.86. The predicted molar refractivity (Wildman–Crippen MR) is 119 cm³/mol. The molecule has 2 unspecified atom stereocenters. The molecule has 1 heterocycles. The highest BCUT2D eigenvalue weighted by atomic mass is 16.4. The van der Waals surface area contributed by atoms with Gasteiger partial charge in [-0.1, -0.05) is 42.5 Å². The second-order valence-electron chi connectivity index (χ2n) is 7.63. The summed E-state index contributed by atoms with van der Waals surface area (Å²) in [6.45, 7) is 0. The SMILES string of the molecule is C[N+](=O)c1ccc(C2C(C(=O)c3ccccc3)C(=O)C(=O)N2c2ccc(C(=O)O)cc2)cc1. The first-order valence-electron chi connectivity index (χ1n) is 10.1. The van der Waals surface area contributed by atoms with Crippen molar-refractivity contribution in [2.45, 2.75) is 6.04 Å². The van der Waals surface area contributed by atoms with E-state index >= 15 is 0 Å². The molecule has 1 saturated heterocycles. The first-order valence-corrected chi connectivity index (χ1v) is 10.1. The smallest absolute Gasteiger partial charge is 0.335 e. The lowest BCUT2D eigenvalue weighted by Crippen LogP contribution is -2.30. The van der Waals surface area contributed by atoms with Gasteiger partial charge in [0.05, 0.1) is 11.6 Å². The van der Waals surface area contributed by atoms with Crippen LogP contribution in [0.25, 0.3) is 0 Å². The van der Waals surface area contributed by atoms with Gasteiger partial charge < -0.3 is 5.11 Å². The van der Waals surface area contributed by atoms with Gasteiger partial charge in [0.15, 0.2) is 12.8 Å². The first kappa shape index (κ1) is 21.8. The van der Waals surface area contributed by atoms with Gasteiger partial charge in [-0.2, -0.15) is 0 Å². The van der Waals surface area contributed by atoms with Crippen LogP contribution in [0.1, 0.15) is 32.3 Å². The Balaban J connectivity index is 1.84.